The molecule has 1 nitrogen and oxygen atoms in total. The number of rotatable bonds is 6. The van der Waals surface area contributed by atoms with Gasteiger partial charge in [-0.15, -0.1) is 0 Å². The summed E-state index contributed by atoms with van der Waals surface area (Å²) in [6.45, 7) is 3.33. The van der Waals surface area contributed by atoms with E-state index in [1.807, 2.05) is 0 Å². The Bertz CT molecular complexity index is 429. The molecule has 0 radical (unpaired) electrons. The summed E-state index contributed by atoms with van der Waals surface area (Å²) in [6.07, 6.45) is 12.8. The first-order chi connectivity index (χ1) is 10.4. The van der Waals surface area contributed by atoms with Gasteiger partial charge in [0.2, 0.25) is 0 Å². The van der Waals surface area contributed by atoms with Crippen molar-refractivity contribution in [3.05, 3.63) is 35.4 Å². The molecule has 1 aromatic rings. The number of hydrogen-bond donors (Lipinski definition) is 1. The zero-order chi connectivity index (χ0) is 14.5. The molecule has 2 aliphatic carbocycles. The van der Waals surface area contributed by atoms with Crippen molar-refractivity contribution in [1.29, 1.82) is 0 Å². The van der Waals surface area contributed by atoms with E-state index in [1.54, 1.807) is 11.1 Å². The maximum atomic E-state index is 3.79. The number of benzene rings is 1. The van der Waals surface area contributed by atoms with Gasteiger partial charge in [0.15, 0.2) is 0 Å². The van der Waals surface area contributed by atoms with Gasteiger partial charge in [0.05, 0.1) is 0 Å². The molecule has 21 heavy (non-hydrogen) atoms. The first-order valence-electron chi connectivity index (χ1n) is 9.20. The Balaban J connectivity index is 1.75. The lowest BCUT2D eigenvalue weighted by Gasteiger charge is -2.33. The largest absolute Gasteiger partial charge is 0.310 e. The van der Waals surface area contributed by atoms with Crippen LogP contribution in [0.1, 0.15) is 87.8 Å². The number of hydrogen-bond acceptors (Lipinski definition) is 1. The van der Waals surface area contributed by atoms with Gasteiger partial charge in [-0.2, -0.15) is 0 Å². The van der Waals surface area contributed by atoms with Crippen LogP contribution in [-0.2, 0) is 0 Å². The Morgan fingerprint density at radius 1 is 1.00 bits per heavy atom. The van der Waals surface area contributed by atoms with Crippen LogP contribution in [0.25, 0.3) is 0 Å². The van der Waals surface area contributed by atoms with Gasteiger partial charge in [-0.25, -0.2) is 0 Å². The summed E-state index contributed by atoms with van der Waals surface area (Å²) in [4.78, 5) is 0. The van der Waals surface area contributed by atoms with E-state index in [-0.39, 0.29) is 0 Å². The topological polar surface area (TPSA) is 12.0 Å². The molecular weight excluding hydrogens is 254 g/mol. The first kappa shape index (κ1) is 15.1. The second kappa shape index (κ2) is 7.45. The smallest absolute Gasteiger partial charge is 0.0325 e. The van der Waals surface area contributed by atoms with Gasteiger partial charge in [0.1, 0.15) is 0 Å². The van der Waals surface area contributed by atoms with Gasteiger partial charge in [-0.1, -0.05) is 69.7 Å². The van der Waals surface area contributed by atoms with Crippen molar-refractivity contribution in [1.82, 2.24) is 5.32 Å². The second-order valence-electron chi connectivity index (χ2n) is 7.11. The monoisotopic (exact) mass is 285 g/mol. The SMILES string of the molecule is CCNC(CC1CCCCC1)c1ccccc1C1CCC1. The molecule has 1 heteroatoms. The quantitative estimate of drug-likeness (QED) is 0.720. The minimum absolute atomic E-state index is 0.579. The molecule has 2 aliphatic rings. The van der Waals surface area contributed by atoms with E-state index in [0.29, 0.717) is 6.04 Å². The molecule has 0 spiro atoms. The van der Waals surface area contributed by atoms with Gasteiger partial charge < -0.3 is 5.32 Å². The van der Waals surface area contributed by atoms with Crippen molar-refractivity contribution in [2.24, 2.45) is 5.92 Å². The fourth-order valence-electron chi connectivity index (χ4n) is 4.24. The average molecular weight is 285 g/mol. The normalized spacial score (nSPS) is 22.0. The van der Waals surface area contributed by atoms with E-state index >= 15 is 0 Å². The number of nitrogens with one attached hydrogen (secondary N) is 1. The Labute approximate surface area is 130 Å². The lowest BCUT2D eigenvalue weighted by Crippen LogP contribution is -2.26. The minimum atomic E-state index is 0.579. The predicted octanol–water partition coefficient (Wildman–Crippen LogP) is 5.58. The molecule has 0 aromatic heterocycles. The summed E-state index contributed by atoms with van der Waals surface area (Å²) >= 11 is 0. The lowest BCUT2D eigenvalue weighted by atomic mass is 9.75. The van der Waals surface area contributed by atoms with Gasteiger partial charge in [0.25, 0.3) is 0 Å². The van der Waals surface area contributed by atoms with Crippen LogP contribution in [0.5, 0.6) is 0 Å². The van der Waals surface area contributed by atoms with Crippen molar-refractivity contribution in [2.75, 3.05) is 6.54 Å². The molecule has 0 heterocycles. The molecule has 0 saturated heterocycles. The molecule has 1 atom stereocenters. The average Bonchev–Trinajstić information content (AvgIpc) is 2.47. The third kappa shape index (κ3) is 3.69. The van der Waals surface area contributed by atoms with Crippen LogP contribution in [0.15, 0.2) is 24.3 Å². The third-order valence-corrected chi connectivity index (χ3v) is 5.66. The molecule has 0 aliphatic heterocycles. The van der Waals surface area contributed by atoms with E-state index in [2.05, 4.69) is 36.5 Å². The van der Waals surface area contributed by atoms with Crippen molar-refractivity contribution in [2.45, 2.75) is 76.7 Å². The maximum Gasteiger partial charge on any atom is 0.0325 e. The van der Waals surface area contributed by atoms with Crippen LogP contribution < -0.4 is 5.32 Å². The Kier molecular flexibility index (Phi) is 5.35. The summed E-state index contributed by atoms with van der Waals surface area (Å²) in [5, 5.41) is 3.79. The minimum Gasteiger partial charge on any atom is -0.310 e. The maximum absolute atomic E-state index is 3.79. The molecule has 3 rings (SSSR count). The van der Waals surface area contributed by atoms with Crippen molar-refractivity contribution in [3.63, 3.8) is 0 Å². The molecule has 0 amide bonds. The summed E-state index contributed by atoms with van der Waals surface area (Å²) in [6, 6.07) is 9.84. The van der Waals surface area contributed by atoms with E-state index in [0.717, 1.165) is 18.4 Å². The molecule has 1 aromatic carbocycles. The van der Waals surface area contributed by atoms with Crippen LogP contribution >= 0.6 is 0 Å². The van der Waals surface area contributed by atoms with E-state index in [1.165, 1.54) is 57.8 Å². The Hall–Kier alpha value is -0.820. The molecule has 1 unspecified atom stereocenters. The Morgan fingerprint density at radius 2 is 1.76 bits per heavy atom. The van der Waals surface area contributed by atoms with Crippen LogP contribution in [0.3, 0.4) is 0 Å². The molecule has 1 N–H and O–H groups in total. The Morgan fingerprint density at radius 3 is 2.43 bits per heavy atom. The molecule has 2 saturated carbocycles. The highest BCUT2D eigenvalue weighted by molar-refractivity contribution is 5.34. The highest BCUT2D eigenvalue weighted by Crippen LogP contribution is 2.41. The van der Waals surface area contributed by atoms with Crippen molar-refractivity contribution in [3.8, 4) is 0 Å². The highest BCUT2D eigenvalue weighted by Gasteiger charge is 2.26. The van der Waals surface area contributed by atoms with Crippen LogP contribution in [0.2, 0.25) is 0 Å². The molecule has 0 bridgehead atoms. The summed E-state index contributed by atoms with van der Waals surface area (Å²) in [5.41, 5.74) is 3.25. The summed E-state index contributed by atoms with van der Waals surface area (Å²) in [5.74, 6) is 1.78. The summed E-state index contributed by atoms with van der Waals surface area (Å²) in [7, 11) is 0. The fraction of sp³-hybridized carbons (Fsp3) is 0.700. The van der Waals surface area contributed by atoms with Gasteiger partial charge in [0, 0.05) is 6.04 Å². The fourth-order valence-corrected chi connectivity index (χ4v) is 4.24. The van der Waals surface area contributed by atoms with Gasteiger partial charge in [-0.05, 0) is 48.8 Å². The zero-order valence-corrected chi connectivity index (χ0v) is 13.6. The summed E-state index contributed by atoms with van der Waals surface area (Å²) < 4.78 is 0. The highest BCUT2D eigenvalue weighted by atomic mass is 14.9. The van der Waals surface area contributed by atoms with E-state index in [9.17, 15) is 0 Å². The van der Waals surface area contributed by atoms with Crippen molar-refractivity contribution < 1.29 is 0 Å². The lowest BCUT2D eigenvalue weighted by molar-refractivity contribution is 0.299. The van der Waals surface area contributed by atoms with E-state index < -0.39 is 0 Å². The van der Waals surface area contributed by atoms with Crippen LogP contribution in [-0.4, -0.2) is 6.54 Å². The predicted molar refractivity (Wildman–Crippen MR) is 90.6 cm³/mol. The zero-order valence-electron chi connectivity index (χ0n) is 13.6. The van der Waals surface area contributed by atoms with E-state index in [4.69, 9.17) is 0 Å². The third-order valence-electron chi connectivity index (χ3n) is 5.66. The van der Waals surface area contributed by atoms with Crippen LogP contribution in [0, 0.1) is 5.92 Å². The first-order valence-corrected chi connectivity index (χ1v) is 9.20. The van der Waals surface area contributed by atoms with Crippen LogP contribution in [0.4, 0.5) is 0 Å². The van der Waals surface area contributed by atoms with Gasteiger partial charge in [-0.3, -0.25) is 0 Å². The molecular formula is C20H31N. The molecule has 116 valence electrons. The standard InChI is InChI=1S/C20H31N/c1-2-21-20(15-16-9-4-3-5-10-16)19-14-7-6-13-18(19)17-11-8-12-17/h6-7,13-14,16-17,20-21H,2-5,8-12,15H2,1H3. The molecule has 2 fully saturated rings. The van der Waals surface area contributed by atoms with Crippen molar-refractivity contribution >= 4 is 0 Å². The van der Waals surface area contributed by atoms with Gasteiger partial charge >= 0.3 is 0 Å². The second-order valence-corrected chi connectivity index (χ2v) is 7.11.